The number of halogens is 2. The van der Waals surface area contributed by atoms with E-state index >= 15 is 0 Å². The SMILES string of the molecule is O=C(N[C@H](CO)c1ccc(Cl)c(F)c1)c1ccc(CNC(=O)c2cccs2)cc1. The zero-order chi connectivity index (χ0) is 20.8. The summed E-state index contributed by atoms with van der Waals surface area (Å²) in [5, 5.41) is 16.9. The van der Waals surface area contributed by atoms with Gasteiger partial charge in [0, 0.05) is 12.1 Å². The zero-order valence-electron chi connectivity index (χ0n) is 15.2. The lowest BCUT2D eigenvalue weighted by Crippen LogP contribution is -2.30. The first-order chi connectivity index (χ1) is 14.0. The Balaban J connectivity index is 1.60. The van der Waals surface area contributed by atoms with E-state index in [0.29, 0.717) is 22.5 Å². The summed E-state index contributed by atoms with van der Waals surface area (Å²) in [4.78, 5) is 25.1. The molecule has 0 bridgehead atoms. The molecule has 8 heteroatoms. The number of hydrogen-bond donors (Lipinski definition) is 3. The predicted octanol–water partition coefficient (Wildman–Crippen LogP) is 3.93. The largest absolute Gasteiger partial charge is 0.394 e. The number of carbonyl (C=O) groups excluding carboxylic acids is 2. The molecule has 2 aromatic carbocycles. The monoisotopic (exact) mass is 432 g/mol. The molecule has 1 aromatic heterocycles. The number of rotatable bonds is 7. The van der Waals surface area contributed by atoms with Crippen LogP contribution >= 0.6 is 22.9 Å². The van der Waals surface area contributed by atoms with Crippen LogP contribution in [-0.4, -0.2) is 23.5 Å². The summed E-state index contributed by atoms with van der Waals surface area (Å²) >= 11 is 7.03. The molecule has 5 nitrogen and oxygen atoms in total. The van der Waals surface area contributed by atoms with Gasteiger partial charge in [0.1, 0.15) is 5.82 Å². The van der Waals surface area contributed by atoms with E-state index in [0.717, 1.165) is 5.56 Å². The highest BCUT2D eigenvalue weighted by Crippen LogP contribution is 2.20. The Labute approximate surface area is 176 Å². The number of amides is 2. The molecule has 0 unspecified atom stereocenters. The Morgan fingerprint density at radius 2 is 1.86 bits per heavy atom. The first-order valence-electron chi connectivity index (χ1n) is 8.75. The van der Waals surface area contributed by atoms with Crippen LogP contribution in [0.4, 0.5) is 4.39 Å². The van der Waals surface area contributed by atoms with Crippen molar-refractivity contribution in [3.63, 3.8) is 0 Å². The van der Waals surface area contributed by atoms with Gasteiger partial charge in [0.15, 0.2) is 0 Å². The van der Waals surface area contributed by atoms with Crippen LogP contribution in [0.3, 0.4) is 0 Å². The van der Waals surface area contributed by atoms with Crippen LogP contribution in [0.25, 0.3) is 0 Å². The van der Waals surface area contributed by atoms with Gasteiger partial charge < -0.3 is 15.7 Å². The fourth-order valence-corrected chi connectivity index (χ4v) is 3.41. The molecule has 1 atom stereocenters. The molecule has 0 aliphatic rings. The first-order valence-corrected chi connectivity index (χ1v) is 10.0. The van der Waals surface area contributed by atoms with Crippen molar-refractivity contribution in [2.75, 3.05) is 6.61 Å². The summed E-state index contributed by atoms with van der Waals surface area (Å²) in [5.41, 5.74) is 1.63. The molecule has 0 spiro atoms. The average molecular weight is 433 g/mol. The van der Waals surface area contributed by atoms with Crippen molar-refractivity contribution in [1.29, 1.82) is 0 Å². The smallest absolute Gasteiger partial charge is 0.261 e. The van der Waals surface area contributed by atoms with Crippen LogP contribution in [0.1, 0.15) is 37.2 Å². The highest BCUT2D eigenvalue weighted by molar-refractivity contribution is 7.12. The van der Waals surface area contributed by atoms with Gasteiger partial charge in [0.25, 0.3) is 11.8 Å². The summed E-state index contributed by atoms with van der Waals surface area (Å²) in [6.45, 7) is -0.0540. The molecule has 0 fully saturated rings. The van der Waals surface area contributed by atoms with Crippen LogP contribution in [0.5, 0.6) is 0 Å². The van der Waals surface area contributed by atoms with Crippen molar-refractivity contribution >= 4 is 34.8 Å². The van der Waals surface area contributed by atoms with Crippen molar-refractivity contribution < 1.29 is 19.1 Å². The number of hydrogen-bond acceptors (Lipinski definition) is 4. The Morgan fingerprint density at radius 1 is 1.10 bits per heavy atom. The highest BCUT2D eigenvalue weighted by Gasteiger charge is 2.16. The van der Waals surface area contributed by atoms with E-state index in [4.69, 9.17) is 11.6 Å². The molecule has 3 N–H and O–H groups in total. The fraction of sp³-hybridized carbons (Fsp3) is 0.143. The average Bonchev–Trinajstić information content (AvgIpc) is 3.27. The van der Waals surface area contributed by atoms with E-state index in [-0.39, 0.29) is 17.5 Å². The van der Waals surface area contributed by atoms with Gasteiger partial charge in [-0.15, -0.1) is 11.3 Å². The molecule has 1 heterocycles. The molecule has 0 aliphatic carbocycles. The molecular formula is C21H18ClFN2O3S. The third-order valence-electron chi connectivity index (χ3n) is 4.25. The number of carbonyl (C=O) groups is 2. The van der Waals surface area contributed by atoms with Crippen LogP contribution in [0.2, 0.25) is 5.02 Å². The molecule has 0 aliphatic heterocycles. The van der Waals surface area contributed by atoms with E-state index < -0.39 is 17.8 Å². The second-order valence-corrected chi connectivity index (χ2v) is 7.59. The van der Waals surface area contributed by atoms with Crippen LogP contribution in [0, 0.1) is 5.82 Å². The van der Waals surface area contributed by atoms with Gasteiger partial charge in [0.2, 0.25) is 0 Å². The maximum Gasteiger partial charge on any atom is 0.261 e. The van der Waals surface area contributed by atoms with Gasteiger partial charge in [-0.25, -0.2) is 4.39 Å². The van der Waals surface area contributed by atoms with Crippen molar-refractivity contribution in [2.45, 2.75) is 12.6 Å². The standard InChI is InChI=1S/C21H18ClFN2O3S/c22-16-8-7-15(10-17(16)23)18(12-26)25-20(27)14-5-3-13(4-6-14)11-24-21(28)19-2-1-9-29-19/h1-10,18,26H,11-12H2,(H,24,28)(H,25,27)/t18-/m1/s1. The lowest BCUT2D eigenvalue weighted by molar-refractivity contribution is 0.0914. The molecule has 3 aromatic rings. The number of aliphatic hydroxyl groups excluding tert-OH is 1. The lowest BCUT2D eigenvalue weighted by Gasteiger charge is -2.17. The fourth-order valence-electron chi connectivity index (χ4n) is 2.66. The highest BCUT2D eigenvalue weighted by atomic mass is 35.5. The van der Waals surface area contributed by atoms with Gasteiger partial charge in [-0.2, -0.15) is 0 Å². The maximum absolute atomic E-state index is 13.6. The van der Waals surface area contributed by atoms with Gasteiger partial charge in [-0.3, -0.25) is 9.59 Å². The minimum absolute atomic E-state index is 0.0291. The van der Waals surface area contributed by atoms with Gasteiger partial charge in [0.05, 0.1) is 22.5 Å². The number of nitrogens with one attached hydrogen (secondary N) is 2. The molecule has 0 saturated heterocycles. The second kappa shape index (κ2) is 9.65. The van der Waals surface area contributed by atoms with E-state index in [1.165, 1.54) is 23.5 Å². The van der Waals surface area contributed by atoms with Crippen molar-refractivity contribution in [3.8, 4) is 0 Å². The van der Waals surface area contributed by atoms with Gasteiger partial charge >= 0.3 is 0 Å². The Morgan fingerprint density at radius 3 is 2.48 bits per heavy atom. The predicted molar refractivity (Wildman–Crippen MR) is 111 cm³/mol. The maximum atomic E-state index is 13.6. The second-order valence-electron chi connectivity index (χ2n) is 6.24. The van der Waals surface area contributed by atoms with E-state index in [1.807, 2.05) is 11.4 Å². The number of aliphatic hydroxyl groups is 1. The molecule has 0 saturated carbocycles. The van der Waals surface area contributed by atoms with E-state index in [1.54, 1.807) is 36.4 Å². The molecular weight excluding hydrogens is 415 g/mol. The summed E-state index contributed by atoms with van der Waals surface area (Å²) in [5.74, 6) is -1.18. The Kier molecular flexibility index (Phi) is 6.98. The summed E-state index contributed by atoms with van der Waals surface area (Å²) in [6, 6.07) is 13.6. The third-order valence-corrected chi connectivity index (χ3v) is 5.42. The number of thiophene rings is 1. The van der Waals surface area contributed by atoms with Gasteiger partial charge in [-0.1, -0.05) is 35.9 Å². The van der Waals surface area contributed by atoms with Crippen molar-refractivity contribution in [1.82, 2.24) is 10.6 Å². The summed E-state index contributed by atoms with van der Waals surface area (Å²) in [6.07, 6.45) is 0. The molecule has 3 rings (SSSR count). The first kappa shape index (κ1) is 21.0. The Bertz CT molecular complexity index is 994. The van der Waals surface area contributed by atoms with Gasteiger partial charge in [-0.05, 0) is 46.8 Å². The van der Waals surface area contributed by atoms with E-state index in [2.05, 4.69) is 10.6 Å². The Hall–Kier alpha value is -2.74. The van der Waals surface area contributed by atoms with Crippen LogP contribution in [0.15, 0.2) is 60.0 Å². The van der Waals surface area contributed by atoms with Crippen LogP contribution in [-0.2, 0) is 6.54 Å². The normalized spacial score (nSPS) is 11.7. The number of benzene rings is 2. The topological polar surface area (TPSA) is 78.4 Å². The summed E-state index contributed by atoms with van der Waals surface area (Å²) < 4.78 is 13.6. The van der Waals surface area contributed by atoms with Crippen molar-refractivity contribution in [3.05, 3.63) is 92.4 Å². The lowest BCUT2D eigenvalue weighted by atomic mass is 10.1. The molecule has 0 radical (unpaired) electrons. The zero-order valence-corrected chi connectivity index (χ0v) is 16.8. The quantitative estimate of drug-likeness (QED) is 0.529. The summed E-state index contributed by atoms with van der Waals surface area (Å²) in [7, 11) is 0. The van der Waals surface area contributed by atoms with E-state index in [9.17, 15) is 19.1 Å². The van der Waals surface area contributed by atoms with Crippen molar-refractivity contribution in [2.24, 2.45) is 0 Å². The molecule has 150 valence electrons. The van der Waals surface area contributed by atoms with Crippen LogP contribution < -0.4 is 10.6 Å². The third kappa shape index (κ3) is 5.41. The minimum Gasteiger partial charge on any atom is -0.394 e. The molecule has 29 heavy (non-hydrogen) atoms. The molecule has 2 amide bonds. The minimum atomic E-state index is -0.765.